The predicted molar refractivity (Wildman–Crippen MR) is 151 cm³/mol. The van der Waals surface area contributed by atoms with Gasteiger partial charge in [0.2, 0.25) is 0 Å². The quantitative estimate of drug-likeness (QED) is 0.284. The number of nitrogens with one attached hydrogen (secondary N) is 1. The molecule has 196 valence electrons. The van der Waals surface area contributed by atoms with Crippen molar-refractivity contribution in [2.75, 3.05) is 19.6 Å². The molecule has 2 aliphatic rings. The summed E-state index contributed by atoms with van der Waals surface area (Å²) in [7, 11) is 0. The van der Waals surface area contributed by atoms with Crippen LogP contribution in [0.1, 0.15) is 33.8 Å². The van der Waals surface area contributed by atoms with Crippen LogP contribution in [0, 0.1) is 6.92 Å². The van der Waals surface area contributed by atoms with Crippen molar-refractivity contribution in [3.05, 3.63) is 88.6 Å². The van der Waals surface area contributed by atoms with Gasteiger partial charge in [-0.05, 0) is 54.3 Å². The largest absolute Gasteiger partial charge is 0.335 e. The van der Waals surface area contributed by atoms with E-state index < -0.39 is 5.92 Å². The zero-order valence-corrected chi connectivity index (χ0v) is 22.2. The first-order valence-electron chi connectivity index (χ1n) is 13.0. The van der Waals surface area contributed by atoms with E-state index in [0.717, 1.165) is 61.7 Å². The van der Waals surface area contributed by atoms with E-state index in [-0.39, 0.29) is 13.0 Å². The topological polar surface area (TPSA) is 70.1 Å². The molecule has 0 radical (unpaired) electrons. The van der Waals surface area contributed by atoms with E-state index in [0.29, 0.717) is 19.6 Å². The number of aliphatic imine (C=N–C) groups is 1. The maximum Gasteiger partial charge on any atom is 0.261 e. The molecule has 0 aliphatic carbocycles. The third kappa shape index (κ3) is 4.66. The van der Waals surface area contributed by atoms with Crippen LogP contribution in [0.3, 0.4) is 0 Å². The summed E-state index contributed by atoms with van der Waals surface area (Å²) in [6, 6.07) is 12.7. The molecule has 9 heteroatoms. The highest BCUT2D eigenvalue weighted by molar-refractivity contribution is 7.15. The molecule has 6 heterocycles. The SMILES string of the molecule is Cc1ccc(-c2cncc3[nH]c(C4=NCCc5ccc(-c6cncc(CN7CCC(F)(F)C7)c6)cc54)nc23)s1. The van der Waals surface area contributed by atoms with Crippen molar-refractivity contribution in [3.8, 4) is 21.6 Å². The Hall–Kier alpha value is -3.82. The number of benzene rings is 1. The average molecular weight is 541 g/mol. The van der Waals surface area contributed by atoms with Crippen molar-refractivity contribution in [1.29, 1.82) is 0 Å². The average Bonchev–Trinajstić information content (AvgIpc) is 3.65. The summed E-state index contributed by atoms with van der Waals surface area (Å²) in [5, 5.41) is 0. The van der Waals surface area contributed by atoms with Crippen LogP contribution in [0.4, 0.5) is 8.78 Å². The van der Waals surface area contributed by atoms with Gasteiger partial charge < -0.3 is 4.98 Å². The molecule has 0 atom stereocenters. The van der Waals surface area contributed by atoms with Crippen molar-refractivity contribution < 1.29 is 8.78 Å². The van der Waals surface area contributed by atoms with Crippen LogP contribution < -0.4 is 0 Å². The minimum atomic E-state index is -2.60. The molecule has 1 fully saturated rings. The Bertz CT molecular complexity index is 1740. The molecule has 1 aromatic carbocycles. The number of halogens is 2. The van der Waals surface area contributed by atoms with Crippen molar-refractivity contribution in [2.24, 2.45) is 4.99 Å². The molecule has 1 N–H and O–H groups in total. The third-order valence-electron chi connectivity index (χ3n) is 7.42. The molecule has 7 rings (SSSR count). The van der Waals surface area contributed by atoms with Gasteiger partial charge in [0, 0.05) is 71.1 Å². The minimum absolute atomic E-state index is 0.0840. The van der Waals surface area contributed by atoms with E-state index in [1.807, 2.05) is 24.7 Å². The van der Waals surface area contributed by atoms with Crippen molar-refractivity contribution in [2.45, 2.75) is 32.2 Å². The lowest BCUT2D eigenvalue weighted by atomic mass is 9.93. The van der Waals surface area contributed by atoms with Gasteiger partial charge in [-0.25, -0.2) is 13.8 Å². The number of nitrogens with zero attached hydrogens (tertiary/aromatic N) is 5. The number of thiophene rings is 1. The van der Waals surface area contributed by atoms with E-state index in [1.165, 1.54) is 10.4 Å². The predicted octanol–water partition coefficient (Wildman–Crippen LogP) is 6.29. The van der Waals surface area contributed by atoms with Gasteiger partial charge in [0.25, 0.3) is 5.92 Å². The fraction of sp³-hybridized carbons (Fsp3) is 0.267. The summed E-state index contributed by atoms with van der Waals surface area (Å²) in [5.41, 5.74) is 8.78. The van der Waals surface area contributed by atoms with Gasteiger partial charge in [0.15, 0.2) is 5.82 Å². The fourth-order valence-corrected chi connectivity index (χ4v) is 6.39. The molecule has 0 amide bonds. The molecule has 4 aromatic heterocycles. The van der Waals surface area contributed by atoms with Crippen LogP contribution in [-0.2, 0) is 13.0 Å². The monoisotopic (exact) mass is 540 g/mol. The maximum atomic E-state index is 13.7. The number of aromatic nitrogens is 4. The Morgan fingerprint density at radius 2 is 1.90 bits per heavy atom. The van der Waals surface area contributed by atoms with Gasteiger partial charge in [-0.3, -0.25) is 19.9 Å². The van der Waals surface area contributed by atoms with E-state index >= 15 is 0 Å². The Morgan fingerprint density at radius 3 is 2.72 bits per heavy atom. The number of fused-ring (bicyclic) bond motifs is 2. The van der Waals surface area contributed by atoms with Crippen molar-refractivity contribution >= 4 is 28.1 Å². The van der Waals surface area contributed by atoms with Gasteiger partial charge in [-0.15, -0.1) is 11.3 Å². The Kier molecular flexibility index (Phi) is 5.86. The number of aryl methyl sites for hydroxylation is 1. The highest BCUT2D eigenvalue weighted by Gasteiger charge is 2.37. The number of likely N-dealkylation sites (tertiary alicyclic amines) is 1. The van der Waals surface area contributed by atoms with Gasteiger partial charge in [0.05, 0.1) is 18.3 Å². The van der Waals surface area contributed by atoms with Gasteiger partial charge in [0.1, 0.15) is 11.2 Å². The zero-order valence-electron chi connectivity index (χ0n) is 21.4. The summed E-state index contributed by atoms with van der Waals surface area (Å²) in [6.45, 7) is 3.46. The highest BCUT2D eigenvalue weighted by atomic mass is 32.1. The lowest BCUT2D eigenvalue weighted by Gasteiger charge is -2.18. The van der Waals surface area contributed by atoms with E-state index in [4.69, 9.17) is 9.98 Å². The Labute approximate surface area is 228 Å². The number of rotatable bonds is 5. The normalized spacial score (nSPS) is 16.9. The summed E-state index contributed by atoms with van der Waals surface area (Å²) in [4.78, 5) is 26.4. The van der Waals surface area contributed by atoms with E-state index in [2.05, 4.69) is 52.2 Å². The molecule has 1 saturated heterocycles. The zero-order chi connectivity index (χ0) is 26.6. The maximum absolute atomic E-state index is 13.7. The second kappa shape index (κ2) is 9.43. The van der Waals surface area contributed by atoms with Gasteiger partial charge in [-0.1, -0.05) is 12.1 Å². The number of hydrogen-bond acceptors (Lipinski definition) is 6. The van der Waals surface area contributed by atoms with Crippen LogP contribution in [0.15, 0.2) is 66.2 Å². The first kappa shape index (κ1) is 24.2. The molecular weight excluding hydrogens is 514 g/mol. The molecule has 0 unspecified atom stereocenters. The number of hydrogen-bond donors (Lipinski definition) is 1. The smallest absolute Gasteiger partial charge is 0.261 e. The lowest BCUT2D eigenvalue weighted by molar-refractivity contribution is 0.0115. The Balaban J connectivity index is 1.22. The molecule has 0 spiro atoms. The number of H-pyrrole nitrogens is 1. The third-order valence-corrected chi connectivity index (χ3v) is 8.46. The number of aromatic amines is 1. The summed E-state index contributed by atoms with van der Waals surface area (Å²) in [6.07, 6.45) is 8.05. The molecule has 39 heavy (non-hydrogen) atoms. The van der Waals surface area contributed by atoms with Crippen molar-refractivity contribution in [3.63, 3.8) is 0 Å². The van der Waals surface area contributed by atoms with Crippen LogP contribution in [-0.4, -0.2) is 56.1 Å². The second-order valence-corrected chi connectivity index (χ2v) is 11.6. The first-order valence-corrected chi connectivity index (χ1v) is 13.9. The molecule has 2 aliphatic heterocycles. The summed E-state index contributed by atoms with van der Waals surface area (Å²) in [5.74, 6) is -1.87. The molecule has 5 aromatic rings. The molecule has 0 bridgehead atoms. The van der Waals surface area contributed by atoms with Gasteiger partial charge in [-0.2, -0.15) is 0 Å². The summed E-state index contributed by atoms with van der Waals surface area (Å²) < 4.78 is 27.4. The second-order valence-electron chi connectivity index (χ2n) is 10.3. The Morgan fingerprint density at radius 1 is 1.00 bits per heavy atom. The first-order chi connectivity index (χ1) is 18.9. The van der Waals surface area contributed by atoms with Crippen LogP contribution in [0.5, 0.6) is 0 Å². The number of alkyl halides is 2. The molecule has 0 saturated carbocycles. The number of imidazole rings is 1. The standard InChI is InChI=1S/C30H26F2N6S/c1-18-2-5-26(39-18)24-14-34-15-25-27(24)37-29(36-25)28-23-11-21(4-3-20(23)6-8-35-28)22-10-19(12-33-13-22)16-38-9-7-30(31,32)17-38/h2-5,10-15H,6-9,16-17H2,1H3,(H,36,37). The fourth-order valence-electron chi connectivity index (χ4n) is 5.51. The van der Waals surface area contributed by atoms with E-state index in [9.17, 15) is 8.78 Å². The molecular formula is C30H26F2N6S. The minimum Gasteiger partial charge on any atom is -0.335 e. The lowest BCUT2D eigenvalue weighted by Crippen LogP contribution is -2.24. The van der Waals surface area contributed by atoms with Crippen LogP contribution in [0.25, 0.3) is 32.6 Å². The summed E-state index contributed by atoms with van der Waals surface area (Å²) >= 11 is 1.73. The van der Waals surface area contributed by atoms with Crippen LogP contribution in [0.2, 0.25) is 0 Å². The van der Waals surface area contributed by atoms with Crippen LogP contribution >= 0.6 is 11.3 Å². The highest BCUT2D eigenvalue weighted by Crippen LogP contribution is 2.33. The number of pyridine rings is 2. The van der Waals surface area contributed by atoms with E-state index in [1.54, 1.807) is 22.4 Å². The van der Waals surface area contributed by atoms with Crippen molar-refractivity contribution in [1.82, 2.24) is 24.8 Å². The van der Waals surface area contributed by atoms with Gasteiger partial charge >= 0.3 is 0 Å². The molecule has 6 nitrogen and oxygen atoms in total.